The first kappa shape index (κ1) is 30.4. The molecule has 0 spiro atoms. The Balaban J connectivity index is 1.19. The number of primary amides is 1. The van der Waals surface area contributed by atoms with E-state index in [0.717, 1.165) is 11.8 Å². The molecule has 11 nitrogen and oxygen atoms in total. The number of ether oxygens (including phenoxy) is 1. The fraction of sp³-hybridized carbons (Fsp3) is 0.194. The van der Waals surface area contributed by atoms with Crippen molar-refractivity contribution < 1.29 is 27.1 Å². The summed E-state index contributed by atoms with van der Waals surface area (Å²) in [5.74, 6) is 0.138. The highest BCUT2D eigenvalue weighted by atomic mass is 32.2. The van der Waals surface area contributed by atoms with E-state index in [1.165, 1.54) is 12.1 Å². The van der Waals surface area contributed by atoms with Crippen molar-refractivity contribution >= 4 is 39.0 Å². The number of hydrogen-bond acceptors (Lipinski definition) is 7. The van der Waals surface area contributed by atoms with E-state index in [1.807, 2.05) is 36.4 Å². The summed E-state index contributed by atoms with van der Waals surface area (Å²) >= 11 is 0. The quantitative estimate of drug-likeness (QED) is 0.220. The van der Waals surface area contributed by atoms with Crippen LogP contribution in [-0.4, -0.2) is 55.6 Å². The molecule has 0 radical (unpaired) electrons. The number of pyridine rings is 1. The van der Waals surface area contributed by atoms with Crippen molar-refractivity contribution in [2.75, 3.05) is 34.3 Å². The van der Waals surface area contributed by atoms with Gasteiger partial charge in [-0.05, 0) is 59.7 Å². The predicted molar refractivity (Wildman–Crippen MR) is 166 cm³/mol. The lowest BCUT2D eigenvalue weighted by molar-refractivity contribution is 0.0998. The van der Waals surface area contributed by atoms with Crippen LogP contribution in [-0.2, 0) is 23.2 Å². The van der Waals surface area contributed by atoms with Crippen LogP contribution in [0.25, 0.3) is 0 Å². The van der Waals surface area contributed by atoms with E-state index in [0.29, 0.717) is 48.3 Å². The van der Waals surface area contributed by atoms with Crippen molar-refractivity contribution in [2.24, 2.45) is 5.73 Å². The lowest BCUT2D eigenvalue weighted by Gasteiger charge is -2.45. The SMILES string of the molecule is CS(=O)(=O)Nc1ccc(Oc2ccc(CN3CC(N(C(=O)Nc4ccc(CF)c(C(N)=O)c4)c4ccccc4)C3)cn2)cc1. The predicted octanol–water partition coefficient (Wildman–Crippen LogP) is 4.74. The third kappa shape index (κ3) is 7.68. The fourth-order valence-electron chi connectivity index (χ4n) is 4.85. The summed E-state index contributed by atoms with van der Waals surface area (Å²) in [5.41, 5.74) is 8.04. The highest BCUT2D eigenvalue weighted by Gasteiger charge is 2.35. The Morgan fingerprint density at radius 1 is 1.02 bits per heavy atom. The van der Waals surface area contributed by atoms with E-state index in [4.69, 9.17) is 10.5 Å². The molecular weight excluding hydrogens is 587 g/mol. The normalized spacial score (nSPS) is 13.5. The summed E-state index contributed by atoms with van der Waals surface area (Å²) in [6.45, 7) is 1.00. The second-order valence-corrected chi connectivity index (χ2v) is 12.1. The van der Waals surface area contributed by atoms with Crippen molar-refractivity contribution in [3.8, 4) is 11.6 Å². The van der Waals surface area contributed by atoms with Gasteiger partial charge in [0.15, 0.2) is 0 Å². The maximum Gasteiger partial charge on any atom is 0.326 e. The topological polar surface area (TPSA) is 147 Å². The molecule has 0 bridgehead atoms. The number of carbonyl (C=O) groups is 2. The highest BCUT2D eigenvalue weighted by molar-refractivity contribution is 7.92. The first-order chi connectivity index (χ1) is 21.1. The van der Waals surface area contributed by atoms with Gasteiger partial charge in [0.2, 0.25) is 21.8 Å². The monoisotopic (exact) mass is 618 g/mol. The molecule has 2 heterocycles. The van der Waals surface area contributed by atoms with Crippen LogP contribution in [0.2, 0.25) is 0 Å². The van der Waals surface area contributed by atoms with Crippen molar-refractivity contribution in [3.05, 3.63) is 108 Å². The van der Waals surface area contributed by atoms with Gasteiger partial charge in [0.25, 0.3) is 0 Å². The van der Waals surface area contributed by atoms with Gasteiger partial charge in [-0.15, -0.1) is 0 Å². The first-order valence-electron chi connectivity index (χ1n) is 13.6. The number of likely N-dealkylation sites (tertiary alicyclic amines) is 1. The number of alkyl halides is 1. The Labute approximate surface area is 254 Å². The van der Waals surface area contributed by atoms with Gasteiger partial charge >= 0.3 is 6.03 Å². The number of aromatic nitrogens is 1. The third-order valence-corrected chi connectivity index (χ3v) is 7.52. The Hall–Kier alpha value is -5.01. The summed E-state index contributed by atoms with van der Waals surface area (Å²) in [5, 5.41) is 2.82. The Morgan fingerprint density at radius 3 is 2.34 bits per heavy atom. The zero-order valence-electron chi connectivity index (χ0n) is 23.8. The number of urea groups is 1. The number of rotatable bonds is 11. The van der Waals surface area contributed by atoms with Crippen LogP contribution in [0.4, 0.5) is 26.2 Å². The van der Waals surface area contributed by atoms with Gasteiger partial charge in [0, 0.05) is 54.5 Å². The number of nitrogens with two attached hydrogens (primary N) is 1. The number of hydrogen-bond donors (Lipinski definition) is 3. The van der Waals surface area contributed by atoms with Crippen molar-refractivity contribution in [1.82, 2.24) is 9.88 Å². The minimum absolute atomic E-state index is 0.0243. The molecule has 13 heteroatoms. The Morgan fingerprint density at radius 2 is 1.73 bits per heavy atom. The van der Waals surface area contributed by atoms with Crippen LogP contribution in [0.15, 0.2) is 91.1 Å². The number of halogens is 1. The Kier molecular flexibility index (Phi) is 9.07. The van der Waals surface area contributed by atoms with Crippen molar-refractivity contribution in [3.63, 3.8) is 0 Å². The van der Waals surface area contributed by atoms with Gasteiger partial charge in [-0.2, -0.15) is 0 Å². The minimum Gasteiger partial charge on any atom is -0.439 e. The van der Waals surface area contributed by atoms with E-state index in [2.05, 4.69) is 19.9 Å². The molecule has 1 aromatic heterocycles. The average Bonchev–Trinajstić information content (AvgIpc) is 2.97. The molecule has 3 aromatic carbocycles. The van der Waals surface area contributed by atoms with Crippen molar-refractivity contribution in [1.29, 1.82) is 0 Å². The molecule has 0 aliphatic carbocycles. The molecule has 4 N–H and O–H groups in total. The van der Waals surface area contributed by atoms with E-state index in [-0.39, 0.29) is 23.2 Å². The number of sulfonamides is 1. The van der Waals surface area contributed by atoms with Crippen LogP contribution >= 0.6 is 0 Å². The van der Waals surface area contributed by atoms with Gasteiger partial charge < -0.3 is 15.8 Å². The molecule has 228 valence electrons. The molecule has 3 amide bonds. The van der Waals surface area contributed by atoms with Gasteiger partial charge in [-0.25, -0.2) is 22.6 Å². The summed E-state index contributed by atoms with van der Waals surface area (Å²) in [4.78, 5) is 33.5. The van der Waals surface area contributed by atoms with Crippen LogP contribution in [0.5, 0.6) is 11.6 Å². The highest BCUT2D eigenvalue weighted by Crippen LogP contribution is 2.27. The standard InChI is InChI=1S/C31H31FN6O5S/c1-44(41,42)36-23-10-12-27(13-11-23)43-29-14-7-21(17-34-29)18-37-19-26(20-37)38(25-5-3-2-4-6-25)31(40)35-24-9-8-22(16-32)28(15-24)30(33)39/h2-15,17,26,36H,16,18-20H2,1H3,(H2,33,39)(H,35,40). The smallest absolute Gasteiger partial charge is 0.326 e. The van der Waals surface area contributed by atoms with Crippen LogP contribution in [0, 0.1) is 0 Å². The molecule has 0 atom stereocenters. The summed E-state index contributed by atoms with van der Waals surface area (Å²) in [7, 11) is -3.36. The fourth-order valence-corrected chi connectivity index (χ4v) is 5.41. The number of benzene rings is 3. The summed E-state index contributed by atoms with van der Waals surface area (Å²) in [6, 6.07) is 23.3. The number of para-hydroxylation sites is 1. The summed E-state index contributed by atoms with van der Waals surface area (Å²) in [6.07, 6.45) is 2.81. The molecule has 1 fully saturated rings. The van der Waals surface area contributed by atoms with Crippen LogP contribution < -0.4 is 25.4 Å². The number of carbonyl (C=O) groups excluding carboxylic acids is 2. The maximum atomic E-state index is 13.5. The average molecular weight is 619 g/mol. The molecule has 1 aliphatic rings. The van der Waals surface area contributed by atoms with E-state index in [1.54, 1.807) is 47.5 Å². The number of nitrogens with zero attached hydrogens (tertiary/aromatic N) is 3. The van der Waals surface area contributed by atoms with Gasteiger partial charge in [-0.1, -0.05) is 30.3 Å². The van der Waals surface area contributed by atoms with Crippen LogP contribution in [0.3, 0.4) is 0 Å². The van der Waals surface area contributed by atoms with E-state index in [9.17, 15) is 22.4 Å². The van der Waals surface area contributed by atoms with E-state index >= 15 is 0 Å². The van der Waals surface area contributed by atoms with E-state index < -0.39 is 22.6 Å². The molecule has 4 aromatic rings. The lowest BCUT2D eigenvalue weighted by atomic mass is 10.0. The Bertz CT molecular complexity index is 1730. The second-order valence-electron chi connectivity index (χ2n) is 10.4. The minimum atomic E-state index is -3.36. The maximum absolute atomic E-state index is 13.5. The molecule has 0 saturated carbocycles. The molecule has 1 saturated heterocycles. The molecule has 5 rings (SSSR count). The zero-order chi connectivity index (χ0) is 31.3. The van der Waals surface area contributed by atoms with Gasteiger partial charge in [-0.3, -0.25) is 19.3 Å². The van der Waals surface area contributed by atoms with Crippen molar-refractivity contribution in [2.45, 2.75) is 19.3 Å². The molecule has 44 heavy (non-hydrogen) atoms. The summed E-state index contributed by atoms with van der Waals surface area (Å²) < 4.78 is 44.2. The zero-order valence-corrected chi connectivity index (χ0v) is 24.6. The van der Waals surface area contributed by atoms with Crippen LogP contribution in [0.1, 0.15) is 21.5 Å². The molecule has 0 unspecified atom stereocenters. The lowest BCUT2D eigenvalue weighted by Crippen LogP contribution is -2.61. The van der Waals surface area contributed by atoms with Gasteiger partial charge in [0.1, 0.15) is 12.4 Å². The number of anilines is 3. The van der Waals surface area contributed by atoms with Gasteiger partial charge in [0.05, 0.1) is 12.3 Å². The largest absolute Gasteiger partial charge is 0.439 e. The molecular formula is C31H31FN6O5S. The number of amides is 3. The third-order valence-electron chi connectivity index (χ3n) is 6.91. The second kappa shape index (κ2) is 13.1. The number of nitrogens with one attached hydrogen (secondary N) is 2. The molecule has 1 aliphatic heterocycles. The first-order valence-corrected chi connectivity index (χ1v) is 15.5.